The molecule has 5 heteroatoms. The van der Waals surface area contributed by atoms with Gasteiger partial charge < -0.3 is 19.2 Å². The highest BCUT2D eigenvalue weighted by Crippen LogP contribution is 2.37. The summed E-state index contributed by atoms with van der Waals surface area (Å²) in [7, 11) is 3.13. The van der Waals surface area contributed by atoms with E-state index in [2.05, 4.69) is 0 Å². The number of methoxy groups -OCH3 is 2. The maximum absolute atomic E-state index is 12.8. The third-order valence-electron chi connectivity index (χ3n) is 4.33. The Balaban J connectivity index is 2.00. The van der Waals surface area contributed by atoms with Crippen LogP contribution in [0.5, 0.6) is 11.5 Å². The summed E-state index contributed by atoms with van der Waals surface area (Å²) in [6.45, 7) is 0.486. The molecule has 1 aliphatic heterocycles. The number of carbonyl (C=O) groups is 2. The molecule has 0 radical (unpaired) electrons. The quantitative estimate of drug-likeness (QED) is 0.811. The number of hydrogen-bond donors (Lipinski definition) is 0. The van der Waals surface area contributed by atoms with Crippen LogP contribution in [0.25, 0.3) is 0 Å². The fourth-order valence-corrected chi connectivity index (χ4v) is 3.10. The van der Waals surface area contributed by atoms with Crippen molar-refractivity contribution in [2.24, 2.45) is 0 Å². The van der Waals surface area contributed by atoms with Crippen LogP contribution in [0.1, 0.15) is 27.5 Å². The molecule has 1 amide bonds. The van der Waals surface area contributed by atoms with E-state index in [9.17, 15) is 9.59 Å². The van der Waals surface area contributed by atoms with E-state index < -0.39 is 6.04 Å². The van der Waals surface area contributed by atoms with Crippen LogP contribution in [-0.2, 0) is 11.2 Å². The number of ether oxygens (including phenoxy) is 2. The van der Waals surface area contributed by atoms with E-state index >= 15 is 0 Å². The number of rotatable bonds is 4. The molecule has 1 aliphatic rings. The summed E-state index contributed by atoms with van der Waals surface area (Å²) in [5.74, 6) is 1.04. The molecule has 5 nitrogen and oxygen atoms in total. The lowest BCUT2D eigenvalue weighted by molar-refractivity contribution is -0.112. The Morgan fingerprint density at radius 2 is 1.79 bits per heavy atom. The van der Waals surface area contributed by atoms with Crippen molar-refractivity contribution in [3.63, 3.8) is 0 Å². The lowest BCUT2D eigenvalue weighted by atomic mass is 9.92. The summed E-state index contributed by atoms with van der Waals surface area (Å²) in [5, 5.41) is 0. The summed E-state index contributed by atoms with van der Waals surface area (Å²) in [6, 6.07) is 12.1. The molecule has 1 atom stereocenters. The van der Waals surface area contributed by atoms with Crippen LogP contribution in [0.2, 0.25) is 0 Å². The highest BCUT2D eigenvalue weighted by molar-refractivity contribution is 5.96. The second kappa shape index (κ2) is 6.74. The zero-order chi connectivity index (χ0) is 17.1. The monoisotopic (exact) mass is 325 g/mol. The van der Waals surface area contributed by atoms with Crippen molar-refractivity contribution in [1.29, 1.82) is 0 Å². The number of aldehydes is 1. The van der Waals surface area contributed by atoms with Crippen molar-refractivity contribution in [1.82, 2.24) is 4.90 Å². The van der Waals surface area contributed by atoms with Gasteiger partial charge in [0.05, 0.1) is 14.2 Å². The van der Waals surface area contributed by atoms with Gasteiger partial charge in [-0.3, -0.25) is 4.79 Å². The molecule has 0 N–H and O–H groups in total. The number of fused-ring (bicyclic) bond motifs is 1. The first kappa shape index (κ1) is 16.1. The van der Waals surface area contributed by atoms with Crippen LogP contribution in [0.15, 0.2) is 42.5 Å². The van der Waals surface area contributed by atoms with E-state index in [-0.39, 0.29) is 5.91 Å². The van der Waals surface area contributed by atoms with E-state index in [1.54, 1.807) is 37.3 Å². The van der Waals surface area contributed by atoms with Gasteiger partial charge in [0, 0.05) is 12.1 Å². The Bertz CT molecular complexity index is 757. The third kappa shape index (κ3) is 2.73. The molecular weight excluding hydrogens is 306 g/mol. The maximum atomic E-state index is 12.8. The van der Waals surface area contributed by atoms with Crippen molar-refractivity contribution in [3.8, 4) is 11.5 Å². The van der Waals surface area contributed by atoms with Crippen molar-refractivity contribution in [3.05, 3.63) is 59.2 Å². The molecule has 24 heavy (non-hydrogen) atoms. The van der Waals surface area contributed by atoms with Crippen LogP contribution in [0.3, 0.4) is 0 Å². The second-order valence-corrected chi connectivity index (χ2v) is 5.60. The Kier molecular flexibility index (Phi) is 4.51. The molecule has 0 bridgehead atoms. The first-order valence-electron chi connectivity index (χ1n) is 7.75. The minimum Gasteiger partial charge on any atom is -0.493 e. The molecule has 0 unspecified atom stereocenters. The number of carbonyl (C=O) groups excluding carboxylic acids is 2. The number of hydrogen-bond acceptors (Lipinski definition) is 4. The van der Waals surface area contributed by atoms with Crippen LogP contribution in [-0.4, -0.2) is 37.9 Å². The molecule has 124 valence electrons. The van der Waals surface area contributed by atoms with E-state index in [4.69, 9.17) is 9.47 Å². The van der Waals surface area contributed by atoms with E-state index in [1.807, 2.05) is 24.3 Å². The largest absolute Gasteiger partial charge is 0.493 e. The predicted molar refractivity (Wildman–Crippen MR) is 89.5 cm³/mol. The van der Waals surface area contributed by atoms with Crippen molar-refractivity contribution in [2.45, 2.75) is 12.5 Å². The molecule has 0 aliphatic carbocycles. The van der Waals surface area contributed by atoms with Gasteiger partial charge in [-0.2, -0.15) is 0 Å². The second-order valence-electron chi connectivity index (χ2n) is 5.60. The summed E-state index contributed by atoms with van der Waals surface area (Å²) in [6.07, 6.45) is 1.48. The van der Waals surface area contributed by atoms with Crippen molar-refractivity contribution in [2.75, 3.05) is 20.8 Å². The average Bonchev–Trinajstić information content (AvgIpc) is 2.65. The zero-order valence-electron chi connectivity index (χ0n) is 13.7. The van der Waals surface area contributed by atoms with Gasteiger partial charge in [0.25, 0.3) is 5.91 Å². The smallest absolute Gasteiger partial charge is 0.254 e. The molecule has 0 saturated carbocycles. The maximum Gasteiger partial charge on any atom is 0.254 e. The summed E-state index contributed by atoms with van der Waals surface area (Å²) >= 11 is 0. The molecule has 2 aromatic rings. The fourth-order valence-electron chi connectivity index (χ4n) is 3.10. The van der Waals surface area contributed by atoms with Crippen LogP contribution < -0.4 is 9.47 Å². The first-order valence-corrected chi connectivity index (χ1v) is 7.75. The van der Waals surface area contributed by atoms with E-state index in [1.165, 1.54) is 0 Å². The lowest BCUT2D eigenvalue weighted by Crippen LogP contribution is -2.40. The van der Waals surface area contributed by atoms with Gasteiger partial charge in [0.15, 0.2) is 11.5 Å². The van der Waals surface area contributed by atoms with Crippen molar-refractivity contribution < 1.29 is 19.1 Å². The first-order chi connectivity index (χ1) is 11.7. The summed E-state index contributed by atoms with van der Waals surface area (Å²) in [4.78, 5) is 26.1. The van der Waals surface area contributed by atoms with Gasteiger partial charge >= 0.3 is 0 Å². The van der Waals surface area contributed by atoms with Gasteiger partial charge in [-0.15, -0.1) is 0 Å². The molecule has 1 heterocycles. The number of nitrogens with zero attached hydrogens (tertiary/aromatic N) is 1. The zero-order valence-corrected chi connectivity index (χ0v) is 13.7. The van der Waals surface area contributed by atoms with Gasteiger partial charge in [-0.1, -0.05) is 18.2 Å². The Hall–Kier alpha value is -2.82. The van der Waals surface area contributed by atoms with E-state index in [0.29, 0.717) is 30.0 Å². The summed E-state index contributed by atoms with van der Waals surface area (Å²) < 4.78 is 10.7. The Morgan fingerprint density at radius 1 is 1.12 bits per heavy atom. The minimum atomic E-state index is -0.624. The fraction of sp³-hybridized carbons (Fsp3) is 0.263. The van der Waals surface area contributed by atoms with Gasteiger partial charge in [0.1, 0.15) is 12.3 Å². The average molecular weight is 325 g/mol. The third-order valence-corrected chi connectivity index (χ3v) is 4.33. The molecule has 0 fully saturated rings. The van der Waals surface area contributed by atoms with Gasteiger partial charge in [-0.05, 0) is 41.8 Å². The van der Waals surface area contributed by atoms with Crippen LogP contribution >= 0.6 is 0 Å². The molecular formula is C19H19NO4. The van der Waals surface area contributed by atoms with Gasteiger partial charge in [-0.25, -0.2) is 0 Å². The Labute approximate surface area is 140 Å². The standard InChI is InChI=1S/C19H19NO4/c1-23-17-10-14-8-9-20(19(22)13-6-4-3-5-7-13)16(12-21)15(14)11-18(17)24-2/h3-7,10-12,16H,8-9H2,1-2H3/t16-/m0/s1. The Morgan fingerprint density at radius 3 is 2.42 bits per heavy atom. The molecule has 0 spiro atoms. The highest BCUT2D eigenvalue weighted by atomic mass is 16.5. The van der Waals surface area contributed by atoms with Crippen LogP contribution in [0.4, 0.5) is 0 Å². The minimum absolute atomic E-state index is 0.145. The normalized spacial score (nSPS) is 16.2. The highest BCUT2D eigenvalue weighted by Gasteiger charge is 2.32. The SMILES string of the molecule is COc1cc2c(cc1OC)[C@H](C=O)N(C(=O)c1ccccc1)CC2. The van der Waals surface area contributed by atoms with Crippen molar-refractivity contribution >= 4 is 12.2 Å². The number of amides is 1. The summed E-state index contributed by atoms with van der Waals surface area (Å²) in [5.41, 5.74) is 2.37. The van der Waals surface area contributed by atoms with Gasteiger partial charge in [0.2, 0.25) is 0 Å². The number of benzene rings is 2. The topological polar surface area (TPSA) is 55.8 Å². The molecule has 2 aromatic carbocycles. The predicted octanol–water partition coefficient (Wildman–Crippen LogP) is 2.64. The molecule has 0 saturated heterocycles. The van der Waals surface area contributed by atoms with E-state index in [0.717, 1.165) is 17.4 Å². The van der Waals surface area contributed by atoms with Crippen LogP contribution in [0, 0.1) is 0 Å². The lowest BCUT2D eigenvalue weighted by Gasteiger charge is -2.34. The molecule has 0 aromatic heterocycles. The molecule has 3 rings (SSSR count).